The van der Waals surface area contributed by atoms with E-state index < -0.39 is 6.10 Å². The minimum Gasteiger partial charge on any atom is -0.496 e. The lowest BCUT2D eigenvalue weighted by molar-refractivity contribution is 0.0254. The van der Waals surface area contributed by atoms with Crippen LogP contribution in [0.4, 0.5) is 0 Å². The van der Waals surface area contributed by atoms with Crippen LogP contribution in [0.5, 0.6) is 11.5 Å². The molecule has 9 heteroatoms. The fraction of sp³-hybridized carbons (Fsp3) is 0.364. The molecule has 9 nitrogen and oxygen atoms in total. The maximum absolute atomic E-state index is 13.0. The van der Waals surface area contributed by atoms with Gasteiger partial charge in [0.1, 0.15) is 34.9 Å². The first-order valence-electron chi connectivity index (χ1n) is 14.4. The zero-order valence-electron chi connectivity index (χ0n) is 23.5. The van der Waals surface area contributed by atoms with Crippen molar-refractivity contribution in [1.29, 1.82) is 5.26 Å². The molecule has 2 fully saturated rings. The van der Waals surface area contributed by atoms with E-state index in [0.29, 0.717) is 64.7 Å². The number of fused-ring (bicyclic) bond motifs is 1. The van der Waals surface area contributed by atoms with Crippen molar-refractivity contribution in [2.24, 2.45) is 0 Å². The summed E-state index contributed by atoms with van der Waals surface area (Å²) in [5.41, 5.74) is 4.39. The summed E-state index contributed by atoms with van der Waals surface area (Å²) in [6.07, 6.45) is 6.22. The highest BCUT2D eigenvalue weighted by Gasteiger charge is 2.26. The number of benzene rings is 2. The Labute approximate surface area is 244 Å². The van der Waals surface area contributed by atoms with Crippen LogP contribution in [-0.4, -0.2) is 54.6 Å². The largest absolute Gasteiger partial charge is 0.496 e. The summed E-state index contributed by atoms with van der Waals surface area (Å²) in [7, 11) is 1.55. The van der Waals surface area contributed by atoms with Crippen molar-refractivity contribution in [3.05, 3.63) is 65.9 Å². The van der Waals surface area contributed by atoms with Crippen LogP contribution in [0.3, 0.4) is 0 Å². The summed E-state index contributed by atoms with van der Waals surface area (Å²) in [5, 5.41) is 23.1. The Balaban J connectivity index is 1.28. The van der Waals surface area contributed by atoms with Crippen molar-refractivity contribution in [3.8, 4) is 40.0 Å². The zero-order chi connectivity index (χ0) is 29.1. The molecule has 0 unspecified atom stereocenters. The van der Waals surface area contributed by atoms with Gasteiger partial charge < -0.3 is 29.1 Å². The van der Waals surface area contributed by atoms with Crippen LogP contribution in [0.25, 0.3) is 33.6 Å². The Morgan fingerprint density at radius 3 is 2.64 bits per heavy atom. The highest BCUT2D eigenvalue weighted by Crippen LogP contribution is 2.38. The first kappa shape index (κ1) is 27.8. The molecule has 0 bridgehead atoms. The van der Waals surface area contributed by atoms with E-state index >= 15 is 0 Å². The highest BCUT2D eigenvalue weighted by atomic mass is 16.5. The molecule has 3 heterocycles. The summed E-state index contributed by atoms with van der Waals surface area (Å²) in [5.74, 6) is 1.33. The number of methoxy groups -OCH3 is 1. The number of aliphatic hydroxyl groups excluding tert-OH is 1. The second-order valence-electron chi connectivity index (χ2n) is 10.8. The van der Waals surface area contributed by atoms with Gasteiger partial charge in [0.2, 0.25) is 0 Å². The molecule has 4 aromatic rings. The minimum absolute atomic E-state index is 0.0308. The van der Waals surface area contributed by atoms with Gasteiger partial charge in [0, 0.05) is 36.2 Å². The quantitative estimate of drug-likeness (QED) is 0.294. The van der Waals surface area contributed by atoms with Gasteiger partial charge in [-0.2, -0.15) is 5.26 Å². The monoisotopic (exact) mass is 567 g/mol. The Morgan fingerprint density at radius 2 is 1.86 bits per heavy atom. The second kappa shape index (κ2) is 12.2. The Morgan fingerprint density at radius 1 is 1.02 bits per heavy atom. The van der Waals surface area contributed by atoms with Crippen molar-refractivity contribution < 1.29 is 28.5 Å². The molecule has 1 saturated heterocycles. The van der Waals surface area contributed by atoms with Gasteiger partial charge in [-0.25, -0.2) is 0 Å². The number of pyridine rings is 1. The van der Waals surface area contributed by atoms with Crippen LogP contribution in [0.1, 0.15) is 54.4 Å². The molecule has 2 aromatic heterocycles. The minimum atomic E-state index is -0.527. The third-order valence-corrected chi connectivity index (χ3v) is 8.06. The zero-order valence-corrected chi connectivity index (χ0v) is 23.5. The van der Waals surface area contributed by atoms with Crippen molar-refractivity contribution in [2.45, 2.75) is 56.8 Å². The SMILES string of the molecule is COc1cc(C(=O)N[C@H]2CCCC[C@H]2O)ccc1-c1cc2nccc(-c3ccc(OC4CCOCC4)c(C#N)c3)c2o1. The normalized spacial score (nSPS) is 19.3. The summed E-state index contributed by atoms with van der Waals surface area (Å²) < 4.78 is 23.5. The summed E-state index contributed by atoms with van der Waals surface area (Å²) >= 11 is 0. The number of aromatic nitrogens is 1. The van der Waals surface area contributed by atoms with E-state index in [9.17, 15) is 15.2 Å². The molecule has 2 aromatic carbocycles. The average molecular weight is 568 g/mol. The van der Waals surface area contributed by atoms with Crippen molar-refractivity contribution in [1.82, 2.24) is 10.3 Å². The first-order chi connectivity index (χ1) is 20.5. The number of hydrogen-bond acceptors (Lipinski definition) is 8. The van der Waals surface area contributed by atoms with Gasteiger partial charge >= 0.3 is 0 Å². The van der Waals surface area contributed by atoms with Crippen LogP contribution < -0.4 is 14.8 Å². The van der Waals surface area contributed by atoms with E-state index in [-0.39, 0.29) is 18.1 Å². The van der Waals surface area contributed by atoms with Gasteiger partial charge in [-0.05, 0) is 54.8 Å². The molecule has 2 aliphatic rings. The van der Waals surface area contributed by atoms with Gasteiger partial charge in [-0.3, -0.25) is 9.78 Å². The number of ether oxygens (including phenoxy) is 3. The molecule has 1 aliphatic carbocycles. The van der Waals surface area contributed by atoms with Gasteiger partial charge in [-0.15, -0.1) is 0 Å². The predicted octanol–water partition coefficient (Wildman–Crippen LogP) is 5.63. The van der Waals surface area contributed by atoms with Gasteiger partial charge in [-0.1, -0.05) is 18.9 Å². The van der Waals surface area contributed by atoms with E-state index in [4.69, 9.17) is 18.6 Å². The lowest BCUT2D eigenvalue weighted by Gasteiger charge is -2.28. The number of carbonyl (C=O) groups excluding carboxylic acids is 1. The molecular formula is C33H33N3O6. The standard InChI is InChI=1S/C33H33N3O6/c1-39-30-17-21(33(38)36-26-4-2-3-5-28(26)37)6-8-25(30)31-18-27-32(42-31)24(10-13-35-27)20-7-9-29(22(16-20)19-34)41-23-11-14-40-15-12-23/h6-10,13,16-18,23,26,28,37H,2-5,11-12,14-15H2,1H3,(H,36,38)/t26-,28+/m0/s1. The Hall–Kier alpha value is -4.39. The van der Waals surface area contributed by atoms with E-state index in [1.807, 2.05) is 30.3 Å². The molecule has 216 valence electrons. The number of nitrogens with one attached hydrogen (secondary N) is 1. The van der Waals surface area contributed by atoms with E-state index in [1.165, 1.54) is 0 Å². The number of aliphatic hydroxyl groups is 1. The molecule has 6 rings (SSSR count). The fourth-order valence-electron chi connectivity index (χ4n) is 5.73. The maximum atomic E-state index is 13.0. The van der Waals surface area contributed by atoms with Crippen LogP contribution in [0, 0.1) is 11.3 Å². The molecule has 2 N–H and O–H groups in total. The number of rotatable bonds is 7. The Bertz CT molecular complexity index is 1630. The summed E-state index contributed by atoms with van der Waals surface area (Å²) in [4.78, 5) is 17.5. The predicted molar refractivity (Wildman–Crippen MR) is 156 cm³/mol. The van der Waals surface area contributed by atoms with Gasteiger partial charge in [0.25, 0.3) is 5.91 Å². The van der Waals surface area contributed by atoms with E-state index in [2.05, 4.69) is 16.4 Å². The molecule has 1 aliphatic heterocycles. The topological polar surface area (TPSA) is 127 Å². The summed E-state index contributed by atoms with van der Waals surface area (Å²) in [6.45, 7) is 1.32. The molecule has 1 amide bonds. The average Bonchev–Trinajstić information content (AvgIpc) is 3.47. The molecule has 1 saturated carbocycles. The van der Waals surface area contributed by atoms with Crippen LogP contribution in [0.2, 0.25) is 0 Å². The van der Waals surface area contributed by atoms with Gasteiger partial charge in [0.15, 0.2) is 5.58 Å². The number of hydrogen-bond donors (Lipinski definition) is 2. The van der Waals surface area contributed by atoms with Gasteiger partial charge in [0.05, 0.1) is 43.6 Å². The smallest absolute Gasteiger partial charge is 0.251 e. The number of furan rings is 1. The fourth-order valence-corrected chi connectivity index (χ4v) is 5.73. The highest BCUT2D eigenvalue weighted by molar-refractivity contribution is 5.97. The lowest BCUT2D eigenvalue weighted by atomic mass is 9.92. The van der Waals surface area contributed by atoms with Crippen molar-refractivity contribution in [3.63, 3.8) is 0 Å². The number of amides is 1. The van der Waals surface area contributed by atoms with Crippen molar-refractivity contribution >= 4 is 17.0 Å². The molecule has 42 heavy (non-hydrogen) atoms. The molecule has 0 radical (unpaired) electrons. The third kappa shape index (κ3) is 5.69. The molecular weight excluding hydrogens is 534 g/mol. The first-order valence-corrected chi connectivity index (χ1v) is 14.4. The Kier molecular flexibility index (Phi) is 8.08. The van der Waals surface area contributed by atoms with E-state index in [0.717, 1.165) is 43.2 Å². The molecule has 2 atom stereocenters. The number of nitriles is 1. The number of nitrogens with zero attached hydrogens (tertiary/aromatic N) is 2. The van der Waals surface area contributed by atoms with E-state index in [1.54, 1.807) is 31.5 Å². The van der Waals surface area contributed by atoms with Crippen LogP contribution in [0.15, 0.2) is 59.1 Å². The maximum Gasteiger partial charge on any atom is 0.251 e. The third-order valence-electron chi connectivity index (χ3n) is 8.06. The summed E-state index contributed by atoms with van der Waals surface area (Å²) in [6, 6.07) is 16.5. The second-order valence-corrected chi connectivity index (χ2v) is 10.8. The number of carbonyl (C=O) groups is 1. The van der Waals surface area contributed by atoms with Crippen molar-refractivity contribution in [2.75, 3.05) is 20.3 Å². The lowest BCUT2D eigenvalue weighted by Crippen LogP contribution is -2.45. The van der Waals surface area contributed by atoms with Crippen LogP contribution in [-0.2, 0) is 4.74 Å². The van der Waals surface area contributed by atoms with Crippen LogP contribution >= 0.6 is 0 Å². The molecule has 0 spiro atoms.